The molecule has 210 valence electrons. The number of piperidine rings is 3. The van der Waals surface area contributed by atoms with Gasteiger partial charge in [-0.2, -0.15) is 0 Å². The summed E-state index contributed by atoms with van der Waals surface area (Å²) < 4.78 is 6.18. The van der Waals surface area contributed by atoms with Crippen molar-refractivity contribution in [2.45, 2.75) is 70.0 Å². The molecule has 4 aliphatic heterocycles. The lowest BCUT2D eigenvalue weighted by Gasteiger charge is -2.35. The number of nitrogens with zero attached hydrogens (tertiary/aromatic N) is 4. The Hall–Kier alpha value is -3.95. The van der Waals surface area contributed by atoms with E-state index in [9.17, 15) is 19.2 Å². The molecule has 0 spiro atoms. The molecule has 10 heteroatoms. The van der Waals surface area contributed by atoms with Gasteiger partial charge in [-0.05, 0) is 80.8 Å². The van der Waals surface area contributed by atoms with E-state index in [-0.39, 0.29) is 30.2 Å². The van der Waals surface area contributed by atoms with Gasteiger partial charge < -0.3 is 19.4 Å². The average Bonchev–Trinajstić information content (AvgIpc) is 3.31. The van der Waals surface area contributed by atoms with E-state index in [1.165, 1.54) is 11.3 Å². The molecule has 1 aromatic heterocycles. The molecule has 6 rings (SSSR count). The van der Waals surface area contributed by atoms with Gasteiger partial charge in [0.15, 0.2) is 0 Å². The van der Waals surface area contributed by atoms with Gasteiger partial charge in [-0.1, -0.05) is 6.07 Å². The number of fused-ring (bicyclic) bond motifs is 1. The van der Waals surface area contributed by atoms with Crippen molar-refractivity contribution in [2.75, 3.05) is 31.1 Å². The molecule has 0 saturated carbocycles. The normalized spacial score (nSPS) is 23.2. The second kappa shape index (κ2) is 11.3. The van der Waals surface area contributed by atoms with Crippen LogP contribution in [0.3, 0.4) is 0 Å². The highest BCUT2D eigenvalue weighted by atomic mass is 16.5. The fourth-order valence-corrected chi connectivity index (χ4v) is 6.26. The molecular weight excluding hydrogens is 510 g/mol. The smallest absolute Gasteiger partial charge is 0.272 e. The Bertz CT molecular complexity index is 1320. The number of carbonyl (C=O) groups excluding carboxylic acids is 4. The molecule has 40 heavy (non-hydrogen) atoms. The van der Waals surface area contributed by atoms with Gasteiger partial charge in [0.25, 0.3) is 11.8 Å². The van der Waals surface area contributed by atoms with Crippen LogP contribution in [0.25, 0.3) is 0 Å². The summed E-state index contributed by atoms with van der Waals surface area (Å²) in [5.74, 6) is 0.494. The highest BCUT2D eigenvalue weighted by molar-refractivity contribution is 6.05. The third-order valence-corrected chi connectivity index (χ3v) is 8.46. The molecular formula is C30H35N5O5. The van der Waals surface area contributed by atoms with Crippen molar-refractivity contribution in [1.82, 2.24) is 20.1 Å². The SMILES string of the molecule is O=C1CCC(N2Cc3cc(OC[C@H]4CCCCN4C(=O)c4cccc(N5CCCCC5)n4)ccc3C2=O)C(=O)N1. The predicted octanol–water partition coefficient (Wildman–Crippen LogP) is 2.91. The lowest BCUT2D eigenvalue weighted by Crippen LogP contribution is -2.52. The zero-order chi connectivity index (χ0) is 27.6. The molecule has 2 aromatic rings. The minimum atomic E-state index is -0.647. The maximum Gasteiger partial charge on any atom is 0.272 e. The number of imide groups is 1. The summed E-state index contributed by atoms with van der Waals surface area (Å²) >= 11 is 0. The number of benzene rings is 1. The summed E-state index contributed by atoms with van der Waals surface area (Å²) in [6.07, 6.45) is 6.92. The molecule has 4 amide bonds. The molecule has 4 aliphatic rings. The fourth-order valence-electron chi connectivity index (χ4n) is 6.26. The van der Waals surface area contributed by atoms with E-state index in [0.717, 1.165) is 56.6 Å². The Morgan fingerprint density at radius 2 is 1.80 bits per heavy atom. The third-order valence-electron chi connectivity index (χ3n) is 8.46. The first-order valence-electron chi connectivity index (χ1n) is 14.4. The highest BCUT2D eigenvalue weighted by Gasteiger charge is 2.39. The first-order valence-corrected chi connectivity index (χ1v) is 14.4. The number of amides is 4. The van der Waals surface area contributed by atoms with E-state index >= 15 is 0 Å². The van der Waals surface area contributed by atoms with E-state index in [1.54, 1.807) is 18.2 Å². The fraction of sp³-hybridized carbons (Fsp3) is 0.500. The average molecular weight is 546 g/mol. The molecule has 0 bridgehead atoms. The second-order valence-corrected chi connectivity index (χ2v) is 11.1. The van der Waals surface area contributed by atoms with Crippen LogP contribution >= 0.6 is 0 Å². The standard InChI is InChI=1S/C30H35N5O5/c36-27-13-12-25(28(37)32-27)35-18-20-17-22(10-11-23(20)29(35)38)40-19-21-7-2-5-16-34(21)30(39)24-8-6-9-26(31-24)33-14-3-1-4-15-33/h6,8-11,17,21,25H,1-5,7,12-16,18-19H2,(H,32,36,37)/t21-,25?/m1/s1. The molecule has 0 aliphatic carbocycles. The van der Waals surface area contributed by atoms with Crippen LogP contribution in [-0.2, 0) is 16.1 Å². The summed E-state index contributed by atoms with van der Waals surface area (Å²) in [6.45, 7) is 3.26. The topological polar surface area (TPSA) is 112 Å². The van der Waals surface area contributed by atoms with Crippen LogP contribution in [0.15, 0.2) is 36.4 Å². The van der Waals surface area contributed by atoms with Crippen molar-refractivity contribution in [3.05, 3.63) is 53.2 Å². The van der Waals surface area contributed by atoms with Gasteiger partial charge in [-0.25, -0.2) is 4.98 Å². The van der Waals surface area contributed by atoms with Crippen LogP contribution < -0.4 is 15.0 Å². The maximum absolute atomic E-state index is 13.6. The minimum absolute atomic E-state index is 0.0633. The van der Waals surface area contributed by atoms with Crippen LogP contribution in [0.1, 0.15) is 77.8 Å². The first-order chi connectivity index (χ1) is 19.5. The molecule has 1 aromatic carbocycles. The van der Waals surface area contributed by atoms with E-state index in [1.807, 2.05) is 23.1 Å². The lowest BCUT2D eigenvalue weighted by atomic mass is 10.0. The van der Waals surface area contributed by atoms with Crippen LogP contribution in [-0.4, -0.2) is 76.7 Å². The van der Waals surface area contributed by atoms with Crippen molar-refractivity contribution < 1.29 is 23.9 Å². The summed E-state index contributed by atoms with van der Waals surface area (Å²) in [5.41, 5.74) is 1.81. The number of aromatic nitrogens is 1. The molecule has 5 heterocycles. The predicted molar refractivity (Wildman–Crippen MR) is 147 cm³/mol. The molecule has 10 nitrogen and oxygen atoms in total. The van der Waals surface area contributed by atoms with Gasteiger partial charge in [0, 0.05) is 38.2 Å². The number of nitrogens with one attached hydrogen (secondary N) is 1. The third kappa shape index (κ3) is 5.26. The number of rotatable bonds is 6. The van der Waals surface area contributed by atoms with Crippen LogP contribution in [0.4, 0.5) is 5.82 Å². The van der Waals surface area contributed by atoms with Crippen molar-refractivity contribution in [2.24, 2.45) is 0 Å². The largest absolute Gasteiger partial charge is 0.491 e. The van der Waals surface area contributed by atoms with Crippen molar-refractivity contribution in [3.63, 3.8) is 0 Å². The van der Waals surface area contributed by atoms with Crippen molar-refractivity contribution in [1.29, 1.82) is 0 Å². The van der Waals surface area contributed by atoms with Gasteiger partial charge in [0.05, 0.1) is 6.04 Å². The Kier molecular flexibility index (Phi) is 7.40. The highest BCUT2D eigenvalue weighted by Crippen LogP contribution is 2.31. The molecule has 0 radical (unpaired) electrons. The first kappa shape index (κ1) is 26.3. The van der Waals surface area contributed by atoms with Gasteiger partial charge in [-0.15, -0.1) is 0 Å². The van der Waals surface area contributed by atoms with E-state index in [4.69, 9.17) is 9.72 Å². The molecule has 1 unspecified atom stereocenters. The summed E-state index contributed by atoms with van der Waals surface area (Å²) in [6, 6.07) is 10.3. The Balaban J connectivity index is 1.11. The number of ether oxygens (including phenoxy) is 1. The summed E-state index contributed by atoms with van der Waals surface area (Å²) in [5, 5.41) is 2.33. The molecule has 3 saturated heterocycles. The molecule has 2 atom stereocenters. The monoisotopic (exact) mass is 545 g/mol. The summed E-state index contributed by atoms with van der Waals surface area (Å²) in [4.78, 5) is 60.8. The Morgan fingerprint density at radius 1 is 0.975 bits per heavy atom. The van der Waals surface area contributed by atoms with E-state index < -0.39 is 11.9 Å². The Morgan fingerprint density at radius 3 is 2.62 bits per heavy atom. The van der Waals surface area contributed by atoms with Gasteiger partial charge in [-0.3, -0.25) is 24.5 Å². The van der Waals surface area contributed by atoms with Gasteiger partial charge in [0.2, 0.25) is 11.8 Å². The number of pyridine rings is 1. The number of likely N-dealkylation sites (tertiary alicyclic amines) is 1. The zero-order valence-electron chi connectivity index (χ0n) is 22.6. The quantitative estimate of drug-likeness (QED) is 0.556. The maximum atomic E-state index is 13.6. The minimum Gasteiger partial charge on any atom is -0.491 e. The number of carbonyl (C=O) groups is 4. The van der Waals surface area contributed by atoms with Crippen LogP contribution in [0.5, 0.6) is 5.75 Å². The number of anilines is 1. The molecule has 1 N–H and O–H groups in total. The number of hydrogen-bond donors (Lipinski definition) is 1. The van der Waals surface area contributed by atoms with Crippen LogP contribution in [0.2, 0.25) is 0 Å². The van der Waals surface area contributed by atoms with Crippen molar-refractivity contribution in [3.8, 4) is 5.75 Å². The van der Waals surface area contributed by atoms with E-state index in [0.29, 0.717) is 43.1 Å². The zero-order valence-corrected chi connectivity index (χ0v) is 22.6. The van der Waals surface area contributed by atoms with Crippen LogP contribution in [0, 0.1) is 0 Å². The lowest BCUT2D eigenvalue weighted by molar-refractivity contribution is -0.136. The number of hydrogen-bond acceptors (Lipinski definition) is 7. The molecule has 3 fully saturated rings. The summed E-state index contributed by atoms with van der Waals surface area (Å²) in [7, 11) is 0. The van der Waals surface area contributed by atoms with E-state index in [2.05, 4.69) is 10.2 Å². The van der Waals surface area contributed by atoms with Gasteiger partial charge in [0.1, 0.15) is 29.9 Å². The second-order valence-electron chi connectivity index (χ2n) is 11.1. The Labute approximate surface area is 233 Å². The van der Waals surface area contributed by atoms with Crippen molar-refractivity contribution >= 4 is 29.4 Å². The van der Waals surface area contributed by atoms with Gasteiger partial charge >= 0.3 is 0 Å².